The molecule has 0 atom stereocenters. The zero-order valence-electron chi connectivity index (χ0n) is 12.2. The van der Waals surface area contributed by atoms with Crippen molar-refractivity contribution < 1.29 is 14.3 Å². The minimum Gasteiger partial charge on any atom is -0.495 e. The monoisotopic (exact) mass is 291 g/mol. The topological polar surface area (TPSA) is 98.6 Å². The summed E-state index contributed by atoms with van der Waals surface area (Å²) >= 11 is 0. The van der Waals surface area contributed by atoms with Gasteiger partial charge in [0, 0.05) is 6.04 Å². The number of carbonyl (C=O) groups excluding carboxylic acids is 2. The van der Waals surface area contributed by atoms with Crippen LogP contribution in [0.5, 0.6) is 5.75 Å². The number of nitrogens with zero attached hydrogens (tertiary/aromatic N) is 1. The molecule has 1 aromatic carbocycles. The predicted molar refractivity (Wildman–Crippen MR) is 79.9 cm³/mol. The van der Waals surface area contributed by atoms with Crippen LogP contribution in [0.3, 0.4) is 0 Å². The van der Waals surface area contributed by atoms with Gasteiger partial charge < -0.3 is 21.1 Å². The maximum Gasteiger partial charge on any atom is 0.256 e. The number of hydrogen-bond acceptors (Lipinski definition) is 4. The number of amides is 2. The smallest absolute Gasteiger partial charge is 0.256 e. The minimum absolute atomic E-state index is 0.0515. The van der Waals surface area contributed by atoms with Crippen LogP contribution in [0.15, 0.2) is 18.2 Å². The molecule has 1 fully saturated rings. The third kappa shape index (κ3) is 3.26. The molecule has 21 heavy (non-hydrogen) atoms. The Bertz CT molecular complexity index is 539. The maximum absolute atomic E-state index is 12.7. The first-order chi connectivity index (χ1) is 10.0. The van der Waals surface area contributed by atoms with Crippen molar-refractivity contribution in [1.82, 2.24) is 4.90 Å². The SMILES string of the molecule is COc1cccc(C(=O)N(CC(N)=O)C2CCCC2)c1N. The standard InChI is InChI=1S/C15H21N3O3/c1-21-12-8-4-7-11(14(12)17)15(20)18(9-13(16)19)10-5-2-3-6-10/h4,7-8,10H,2-3,5-6,9,17H2,1H3,(H2,16,19). The number of hydrogen-bond donors (Lipinski definition) is 2. The van der Waals surface area contributed by atoms with Crippen LogP contribution < -0.4 is 16.2 Å². The quantitative estimate of drug-likeness (QED) is 0.795. The van der Waals surface area contributed by atoms with Crippen LogP contribution in [-0.2, 0) is 4.79 Å². The Morgan fingerprint density at radius 2 is 2.00 bits per heavy atom. The van der Waals surface area contributed by atoms with E-state index in [0.29, 0.717) is 11.3 Å². The average Bonchev–Trinajstić information content (AvgIpc) is 2.98. The highest BCUT2D eigenvalue weighted by Crippen LogP contribution is 2.29. The number of nitrogens with two attached hydrogens (primary N) is 2. The highest BCUT2D eigenvalue weighted by Gasteiger charge is 2.29. The second kappa shape index (κ2) is 6.47. The van der Waals surface area contributed by atoms with Gasteiger partial charge in [0.05, 0.1) is 24.9 Å². The Morgan fingerprint density at radius 3 is 2.57 bits per heavy atom. The fourth-order valence-corrected chi connectivity index (χ4v) is 2.81. The second-order valence-electron chi connectivity index (χ2n) is 5.26. The first-order valence-electron chi connectivity index (χ1n) is 7.06. The van der Waals surface area contributed by atoms with Crippen molar-refractivity contribution in [3.05, 3.63) is 23.8 Å². The van der Waals surface area contributed by atoms with Gasteiger partial charge in [0.1, 0.15) is 5.75 Å². The van der Waals surface area contributed by atoms with Crippen molar-refractivity contribution in [2.24, 2.45) is 5.73 Å². The molecular formula is C15H21N3O3. The van der Waals surface area contributed by atoms with Crippen molar-refractivity contribution >= 4 is 17.5 Å². The minimum atomic E-state index is -0.517. The molecule has 0 spiro atoms. The van der Waals surface area contributed by atoms with E-state index in [1.165, 1.54) is 7.11 Å². The number of ether oxygens (including phenoxy) is 1. The molecule has 1 aromatic rings. The third-order valence-electron chi connectivity index (χ3n) is 3.87. The fourth-order valence-electron chi connectivity index (χ4n) is 2.81. The zero-order chi connectivity index (χ0) is 15.4. The summed E-state index contributed by atoms with van der Waals surface area (Å²) in [6.45, 7) is -0.0832. The van der Waals surface area contributed by atoms with Crippen molar-refractivity contribution in [1.29, 1.82) is 0 Å². The Balaban J connectivity index is 2.31. The molecule has 114 valence electrons. The van der Waals surface area contributed by atoms with Crippen LogP contribution in [0.2, 0.25) is 0 Å². The maximum atomic E-state index is 12.7. The molecule has 0 radical (unpaired) electrons. The van der Waals surface area contributed by atoms with E-state index < -0.39 is 5.91 Å². The van der Waals surface area contributed by atoms with Gasteiger partial charge in [-0.15, -0.1) is 0 Å². The molecule has 1 saturated carbocycles. The normalized spacial score (nSPS) is 14.9. The number of benzene rings is 1. The Hall–Kier alpha value is -2.24. The first-order valence-corrected chi connectivity index (χ1v) is 7.06. The summed E-state index contributed by atoms with van der Waals surface area (Å²) in [5.74, 6) is -0.333. The number of primary amides is 1. The number of rotatable bonds is 5. The first kappa shape index (κ1) is 15.2. The largest absolute Gasteiger partial charge is 0.495 e. The molecule has 0 saturated heterocycles. The number of nitrogen functional groups attached to an aromatic ring is 1. The lowest BCUT2D eigenvalue weighted by atomic mass is 10.1. The van der Waals surface area contributed by atoms with Gasteiger partial charge in [0.25, 0.3) is 5.91 Å². The Labute approximate surface area is 124 Å². The predicted octanol–water partition coefficient (Wildman–Crippen LogP) is 1.15. The van der Waals surface area contributed by atoms with Crippen LogP contribution in [0.4, 0.5) is 5.69 Å². The van der Waals surface area contributed by atoms with E-state index >= 15 is 0 Å². The number of anilines is 1. The average molecular weight is 291 g/mol. The number of para-hydroxylation sites is 1. The van der Waals surface area contributed by atoms with E-state index in [-0.39, 0.29) is 24.2 Å². The van der Waals surface area contributed by atoms with Crippen LogP contribution in [0.1, 0.15) is 36.0 Å². The van der Waals surface area contributed by atoms with Crippen LogP contribution >= 0.6 is 0 Å². The molecular weight excluding hydrogens is 270 g/mol. The molecule has 4 N–H and O–H groups in total. The van der Waals surface area contributed by atoms with E-state index in [9.17, 15) is 9.59 Å². The number of carbonyl (C=O) groups is 2. The Kier molecular flexibility index (Phi) is 4.67. The molecule has 0 aliphatic heterocycles. The lowest BCUT2D eigenvalue weighted by Gasteiger charge is -2.28. The van der Waals surface area contributed by atoms with E-state index in [4.69, 9.17) is 16.2 Å². The molecule has 1 aliphatic rings. The van der Waals surface area contributed by atoms with Gasteiger partial charge in [0.15, 0.2) is 0 Å². The molecule has 1 aliphatic carbocycles. The Morgan fingerprint density at radius 1 is 1.33 bits per heavy atom. The highest BCUT2D eigenvalue weighted by molar-refractivity contribution is 6.01. The fraction of sp³-hybridized carbons (Fsp3) is 0.467. The number of methoxy groups -OCH3 is 1. The van der Waals surface area contributed by atoms with Crippen molar-refractivity contribution in [3.63, 3.8) is 0 Å². The van der Waals surface area contributed by atoms with Gasteiger partial charge in [0.2, 0.25) is 5.91 Å². The van der Waals surface area contributed by atoms with Crippen LogP contribution in [0, 0.1) is 0 Å². The zero-order valence-corrected chi connectivity index (χ0v) is 12.2. The summed E-state index contributed by atoms with van der Waals surface area (Å²) < 4.78 is 5.13. The van der Waals surface area contributed by atoms with E-state index in [0.717, 1.165) is 25.7 Å². The summed E-state index contributed by atoms with van der Waals surface area (Å²) in [6, 6.07) is 5.10. The summed E-state index contributed by atoms with van der Waals surface area (Å²) in [7, 11) is 1.50. The van der Waals surface area contributed by atoms with E-state index in [1.54, 1.807) is 23.1 Å². The van der Waals surface area contributed by atoms with Gasteiger partial charge in [-0.25, -0.2) is 0 Å². The van der Waals surface area contributed by atoms with Gasteiger partial charge in [-0.2, -0.15) is 0 Å². The molecule has 6 nitrogen and oxygen atoms in total. The highest BCUT2D eigenvalue weighted by atomic mass is 16.5. The van der Waals surface area contributed by atoms with Crippen molar-refractivity contribution in [2.75, 3.05) is 19.4 Å². The van der Waals surface area contributed by atoms with Gasteiger partial charge >= 0.3 is 0 Å². The third-order valence-corrected chi connectivity index (χ3v) is 3.87. The van der Waals surface area contributed by atoms with Gasteiger partial charge in [-0.05, 0) is 25.0 Å². The summed E-state index contributed by atoms with van der Waals surface area (Å²) in [5, 5.41) is 0. The lowest BCUT2D eigenvalue weighted by molar-refractivity contribution is -0.119. The molecule has 2 rings (SSSR count). The van der Waals surface area contributed by atoms with Gasteiger partial charge in [-0.1, -0.05) is 18.9 Å². The van der Waals surface area contributed by atoms with Crippen LogP contribution in [0.25, 0.3) is 0 Å². The molecule has 6 heteroatoms. The summed E-state index contributed by atoms with van der Waals surface area (Å²) in [4.78, 5) is 25.6. The molecule has 0 aromatic heterocycles. The van der Waals surface area contributed by atoms with Gasteiger partial charge in [-0.3, -0.25) is 9.59 Å². The summed E-state index contributed by atoms with van der Waals surface area (Å²) in [6.07, 6.45) is 3.90. The molecule has 0 bridgehead atoms. The lowest BCUT2D eigenvalue weighted by Crippen LogP contribution is -2.44. The van der Waals surface area contributed by atoms with Crippen molar-refractivity contribution in [3.8, 4) is 5.75 Å². The van der Waals surface area contributed by atoms with Crippen LogP contribution in [-0.4, -0.2) is 36.4 Å². The van der Waals surface area contributed by atoms with E-state index in [2.05, 4.69) is 0 Å². The molecule has 2 amide bonds. The molecule has 0 heterocycles. The van der Waals surface area contributed by atoms with Crippen molar-refractivity contribution in [2.45, 2.75) is 31.7 Å². The second-order valence-corrected chi connectivity index (χ2v) is 5.26. The summed E-state index contributed by atoms with van der Waals surface area (Å²) in [5.41, 5.74) is 11.9. The molecule has 0 unspecified atom stereocenters. The van der Waals surface area contributed by atoms with E-state index in [1.807, 2.05) is 0 Å².